The lowest BCUT2D eigenvalue weighted by molar-refractivity contribution is 0.349. The van der Waals surface area contributed by atoms with Crippen LogP contribution in [0.5, 0.6) is 0 Å². The molecule has 1 saturated heterocycles. The lowest BCUT2D eigenvalue weighted by Gasteiger charge is -2.13. The van der Waals surface area contributed by atoms with Crippen molar-refractivity contribution < 1.29 is 0 Å². The fraction of sp³-hybridized carbons (Fsp3) is 0.500. The molecule has 1 radical (unpaired) electrons. The SMILES string of the molecule is [CH]1CNNNN1. The minimum atomic E-state index is 0.840. The summed E-state index contributed by atoms with van der Waals surface area (Å²) in [6.07, 6.45) is 0. The van der Waals surface area contributed by atoms with Crippen LogP contribution in [-0.2, 0) is 0 Å². The van der Waals surface area contributed by atoms with Crippen LogP contribution in [0.4, 0.5) is 0 Å². The third-order valence-electron chi connectivity index (χ3n) is 0.529. The zero-order valence-corrected chi connectivity index (χ0v) is 3.28. The smallest absolute Gasteiger partial charge is 0.0546 e. The van der Waals surface area contributed by atoms with Crippen molar-refractivity contribution in [2.45, 2.75) is 0 Å². The van der Waals surface area contributed by atoms with Gasteiger partial charge in [-0.1, -0.05) is 0 Å². The Hall–Kier alpha value is -0.160. The molecule has 1 aliphatic heterocycles. The molecule has 0 aliphatic carbocycles. The van der Waals surface area contributed by atoms with Crippen molar-refractivity contribution in [2.24, 2.45) is 0 Å². The van der Waals surface area contributed by atoms with Gasteiger partial charge in [0, 0.05) is 6.54 Å². The van der Waals surface area contributed by atoms with E-state index in [1.165, 1.54) is 0 Å². The first-order chi connectivity index (χ1) is 3.00. The summed E-state index contributed by atoms with van der Waals surface area (Å²) in [6.45, 7) is 2.70. The van der Waals surface area contributed by atoms with E-state index >= 15 is 0 Å². The van der Waals surface area contributed by atoms with E-state index < -0.39 is 0 Å². The highest BCUT2D eigenvalue weighted by Crippen LogP contribution is 1.60. The second kappa shape index (κ2) is 2.09. The highest BCUT2D eigenvalue weighted by Gasteiger charge is 1.89. The Morgan fingerprint density at radius 1 is 1.33 bits per heavy atom. The molecule has 0 aromatic rings. The second-order valence-corrected chi connectivity index (χ2v) is 0.979. The van der Waals surface area contributed by atoms with Gasteiger partial charge in [-0.3, -0.25) is 0 Å². The Morgan fingerprint density at radius 3 is 2.50 bits per heavy atom. The topological polar surface area (TPSA) is 48.1 Å². The third-order valence-corrected chi connectivity index (χ3v) is 0.529. The maximum atomic E-state index is 2.81. The zero-order valence-electron chi connectivity index (χ0n) is 3.28. The Bertz CT molecular complexity index is 21.0. The van der Waals surface area contributed by atoms with Gasteiger partial charge < -0.3 is 0 Å². The Kier molecular flexibility index (Phi) is 1.40. The largest absolute Gasteiger partial charge is 0.241 e. The van der Waals surface area contributed by atoms with E-state index in [9.17, 15) is 0 Å². The second-order valence-electron chi connectivity index (χ2n) is 0.979. The van der Waals surface area contributed by atoms with Crippen LogP contribution in [0.2, 0.25) is 0 Å². The normalized spacial score (nSPS) is 24.0. The van der Waals surface area contributed by atoms with Crippen molar-refractivity contribution in [3.05, 3.63) is 6.54 Å². The van der Waals surface area contributed by atoms with Gasteiger partial charge in [-0.2, -0.15) is 11.1 Å². The summed E-state index contributed by atoms with van der Waals surface area (Å²) >= 11 is 0. The summed E-state index contributed by atoms with van der Waals surface area (Å²) in [5, 5.41) is 0. The van der Waals surface area contributed by atoms with E-state index in [1.807, 2.05) is 6.54 Å². The van der Waals surface area contributed by atoms with Crippen molar-refractivity contribution in [2.75, 3.05) is 6.54 Å². The summed E-state index contributed by atoms with van der Waals surface area (Å²) < 4.78 is 0. The number of hydrazine groups is 3. The summed E-state index contributed by atoms with van der Waals surface area (Å²) in [5.41, 5.74) is 10.8. The Morgan fingerprint density at radius 2 is 2.33 bits per heavy atom. The van der Waals surface area contributed by atoms with Gasteiger partial charge in [-0.05, 0) is 0 Å². The van der Waals surface area contributed by atoms with E-state index in [0.29, 0.717) is 0 Å². The van der Waals surface area contributed by atoms with Gasteiger partial charge in [-0.15, -0.1) is 0 Å². The predicted molar refractivity (Wildman–Crippen MR) is 21.7 cm³/mol. The molecule has 0 amide bonds. The molecule has 1 heterocycles. The minimum absolute atomic E-state index is 0.840. The molecule has 1 aliphatic rings. The molecule has 4 N–H and O–H groups in total. The molecule has 0 atom stereocenters. The maximum Gasteiger partial charge on any atom is 0.0546 e. The van der Waals surface area contributed by atoms with Crippen LogP contribution in [0.15, 0.2) is 0 Å². The van der Waals surface area contributed by atoms with E-state index in [4.69, 9.17) is 0 Å². The van der Waals surface area contributed by atoms with Crippen molar-refractivity contribution in [1.29, 1.82) is 0 Å². The predicted octanol–water partition coefficient (Wildman–Crippen LogP) is -1.73. The minimum Gasteiger partial charge on any atom is -0.241 e. The zero-order chi connectivity index (χ0) is 4.24. The summed E-state index contributed by atoms with van der Waals surface area (Å²) in [6, 6.07) is 0. The Balaban J connectivity index is 2.00. The van der Waals surface area contributed by atoms with Crippen molar-refractivity contribution in [3.8, 4) is 0 Å². The summed E-state index contributed by atoms with van der Waals surface area (Å²) in [7, 11) is 0. The van der Waals surface area contributed by atoms with Gasteiger partial charge in [-0.25, -0.2) is 10.9 Å². The van der Waals surface area contributed by atoms with E-state index in [1.54, 1.807) is 0 Å². The van der Waals surface area contributed by atoms with E-state index in [2.05, 4.69) is 21.9 Å². The lowest BCUT2D eigenvalue weighted by Crippen LogP contribution is -2.56. The van der Waals surface area contributed by atoms with Crippen molar-refractivity contribution >= 4 is 0 Å². The van der Waals surface area contributed by atoms with Crippen LogP contribution in [0, 0.1) is 6.54 Å². The van der Waals surface area contributed by atoms with Crippen LogP contribution in [0.25, 0.3) is 0 Å². The van der Waals surface area contributed by atoms with E-state index in [-0.39, 0.29) is 0 Å². The van der Waals surface area contributed by atoms with Gasteiger partial charge in [0.15, 0.2) is 0 Å². The average molecular weight is 87.1 g/mol. The van der Waals surface area contributed by atoms with Crippen LogP contribution < -0.4 is 21.9 Å². The van der Waals surface area contributed by atoms with Gasteiger partial charge in [0.1, 0.15) is 0 Å². The molecule has 1 fully saturated rings. The van der Waals surface area contributed by atoms with Crippen LogP contribution in [-0.4, -0.2) is 6.54 Å². The highest BCUT2D eigenvalue weighted by atomic mass is 15.7. The average Bonchev–Trinajstić information content (AvgIpc) is 1.72. The van der Waals surface area contributed by atoms with E-state index in [0.717, 1.165) is 6.54 Å². The van der Waals surface area contributed by atoms with Gasteiger partial charge in [0.25, 0.3) is 0 Å². The molecule has 0 aromatic carbocycles. The van der Waals surface area contributed by atoms with Gasteiger partial charge in [0.05, 0.1) is 6.54 Å². The lowest BCUT2D eigenvalue weighted by atomic mass is 10.7. The van der Waals surface area contributed by atoms with Gasteiger partial charge in [0.2, 0.25) is 0 Å². The fourth-order valence-corrected chi connectivity index (χ4v) is 0.284. The molecule has 1 rings (SSSR count). The fourth-order valence-electron chi connectivity index (χ4n) is 0.284. The first-order valence-corrected chi connectivity index (χ1v) is 1.80. The molecular weight excluding hydrogens is 80.0 g/mol. The number of hydrogen-bond donors (Lipinski definition) is 4. The van der Waals surface area contributed by atoms with Crippen LogP contribution >= 0.6 is 0 Å². The quantitative estimate of drug-likeness (QED) is 0.283. The number of nitrogens with one attached hydrogen (secondary N) is 4. The molecule has 0 spiro atoms. The highest BCUT2D eigenvalue weighted by molar-refractivity contribution is 4.61. The molecule has 0 bridgehead atoms. The molecule has 4 heteroatoms. The summed E-state index contributed by atoms with van der Waals surface area (Å²) in [5.74, 6) is 0. The first kappa shape index (κ1) is 4.01. The third kappa shape index (κ3) is 0.908. The van der Waals surface area contributed by atoms with Gasteiger partial charge >= 0.3 is 0 Å². The molecule has 6 heavy (non-hydrogen) atoms. The molecule has 0 aromatic heterocycles. The summed E-state index contributed by atoms with van der Waals surface area (Å²) in [4.78, 5) is 0. The van der Waals surface area contributed by atoms with Crippen LogP contribution in [0.3, 0.4) is 0 Å². The van der Waals surface area contributed by atoms with Crippen LogP contribution in [0.1, 0.15) is 0 Å². The first-order valence-electron chi connectivity index (χ1n) is 1.80. The molecule has 0 unspecified atom stereocenters. The number of rotatable bonds is 0. The monoisotopic (exact) mass is 87.1 g/mol. The van der Waals surface area contributed by atoms with Crippen molar-refractivity contribution in [3.63, 3.8) is 0 Å². The molecular formula is C2H7N4. The standard InChI is InChI=1S/C2H7N4/c1-2-4-6-5-3-1/h1,3-6H,2H2. The molecule has 4 nitrogen and oxygen atoms in total. The molecule has 0 saturated carbocycles. The molecule has 35 valence electrons. The van der Waals surface area contributed by atoms with Crippen molar-refractivity contribution in [1.82, 2.24) is 21.9 Å². The Labute approximate surface area is 36.2 Å². The maximum absolute atomic E-state index is 2.81. The number of hydrogen-bond acceptors (Lipinski definition) is 4.